The van der Waals surface area contributed by atoms with E-state index in [1.54, 1.807) is 6.07 Å². The zero-order chi connectivity index (χ0) is 15.0. The third-order valence-corrected chi connectivity index (χ3v) is 3.07. The van der Waals surface area contributed by atoms with Gasteiger partial charge >= 0.3 is 5.97 Å². The standard InChI is InChI=1S/C14H18ClNO4/c1-10(8-11-4-2-3-5-12(11)15)14(19)16-6-7-20-9-13(17)18/h2-5,10H,6-9H2,1H3,(H,16,19)(H,17,18). The minimum atomic E-state index is -1.02. The number of carboxylic acids is 1. The van der Waals surface area contributed by atoms with E-state index in [1.807, 2.05) is 25.1 Å². The molecule has 0 saturated heterocycles. The number of hydrogen-bond acceptors (Lipinski definition) is 3. The molecule has 0 aliphatic carbocycles. The lowest BCUT2D eigenvalue weighted by molar-refractivity contribution is -0.142. The number of benzene rings is 1. The molecule has 0 saturated carbocycles. The maximum Gasteiger partial charge on any atom is 0.329 e. The largest absolute Gasteiger partial charge is 0.480 e. The van der Waals surface area contributed by atoms with E-state index >= 15 is 0 Å². The minimum absolute atomic E-state index is 0.108. The van der Waals surface area contributed by atoms with Crippen LogP contribution in [-0.2, 0) is 20.7 Å². The normalized spacial score (nSPS) is 11.9. The predicted octanol–water partition coefficient (Wildman–Crippen LogP) is 1.74. The highest BCUT2D eigenvalue weighted by Gasteiger charge is 2.14. The molecule has 0 spiro atoms. The first-order valence-corrected chi connectivity index (χ1v) is 6.69. The molecule has 6 heteroatoms. The third-order valence-electron chi connectivity index (χ3n) is 2.70. The van der Waals surface area contributed by atoms with Crippen molar-refractivity contribution in [3.8, 4) is 0 Å². The molecular formula is C14H18ClNO4. The summed E-state index contributed by atoms with van der Waals surface area (Å²) in [6.07, 6.45) is 0.557. The van der Waals surface area contributed by atoms with Crippen molar-refractivity contribution in [3.63, 3.8) is 0 Å². The van der Waals surface area contributed by atoms with Gasteiger partial charge in [-0.15, -0.1) is 0 Å². The summed E-state index contributed by atoms with van der Waals surface area (Å²) in [5.74, 6) is -1.35. The van der Waals surface area contributed by atoms with Crippen LogP contribution in [0.3, 0.4) is 0 Å². The lowest BCUT2D eigenvalue weighted by atomic mass is 10.0. The second kappa shape index (κ2) is 8.55. The number of amides is 1. The molecule has 110 valence electrons. The summed E-state index contributed by atoms with van der Waals surface area (Å²) < 4.78 is 4.83. The molecule has 0 aromatic heterocycles. The fourth-order valence-corrected chi connectivity index (χ4v) is 1.88. The molecule has 1 rings (SSSR count). The second-order valence-corrected chi connectivity index (χ2v) is 4.84. The fourth-order valence-electron chi connectivity index (χ4n) is 1.67. The van der Waals surface area contributed by atoms with Gasteiger partial charge in [-0.05, 0) is 18.1 Å². The summed E-state index contributed by atoms with van der Waals surface area (Å²) >= 11 is 6.04. The SMILES string of the molecule is CC(Cc1ccccc1Cl)C(=O)NCCOCC(=O)O. The molecule has 20 heavy (non-hydrogen) atoms. The van der Waals surface area contributed by atoms with Gasteiger partial charge in [0.25, 0.3) is 0 Å². The van der Waals surface area contributed by atoms with Crippen LogP contribution >= 0.6 is 11.6 Å². The maximum atomic E-state index is 11.8. The van der Waals surface area contributed by atoms with Crippen molar-refractivity contribution >= 4 is 23.5 Å². The first-order valence-electron chi connectivity index (χ1n) is 6.31. The minimum Gasteiger partial charge on any atom is -0.480 e. The van der Waals surface area contributed by atoms with E-state index in [0.717, 1.165) is 5.56 Å². The van der Waals surface area contributed by atoms with Crippen molar-refractivity contribution in [1.82, 2.24) is 5.32 Å². The van der Waals surface area contributed by atoms with E-state index in [1.165, 1.54) is 0 Å². The number of carbonyl (C=O) groups is 2. The zero-order valence-corrected chi connectivity index (χ0v) is 12.0. The number of carboxylic acid groups (broad SMARTS) is 1. The van der Waals surface area contributed by atoms with Crippen LogP contribution in [0.5, 0.6) is 0 Å². The Hall–Kier alpha value is -1.59. The van der Waals surface area contributed by atoms with E-state index < -0.39 is 5.97 Å². The first-order chi connectivity index (χ1) is 9.50. The number of rotatable bonds is 8. The highest BCUT2D eigenvalue weighted by Crippen LogP contribution is 2.18. The van der Waals surface area contributed by atoms with Crippen LogP contribution in [0.1, 0.15) is 12.5 Å². The van der Waals surface area contributed by atoms with Crippen LogP contribution in [0.25, 0.3) is 0 Å². The Morgan fingerprint density at radius 3 is 2.75 bits per heavy atom. The van der Waals surface area contributed by atoms with Gasteiger partial charge < -0.3 is 15.2 Å². The van der Waals surface area contributed by atoms with Gasteiger partial charge in [-0.1, -0.05) is 36.7 Å². The summed E-state index contributed by atoms with van der Waals surface area (Å²) in [7, 11) is 0. The third kappa shape index (κ3) is 6.04. The monoisotopic (exact) mass is 299 g/mol. The van der Waals surface area contributed by atoms with E-state index in [0.29, 0.717) is 18.0 Å². The van der Waals surface area contributed by atoms with E-state index in [-0.39, 0.29) is 25.0 Å². The van der Waals surface area contributed by atoms with Crippen molar-refractivity contribution in [2.24, 2.45) is 5.92 Å². The molecule has 1 atom stereocenters. The molecule has 2 N–H and O–H groups in total. The molecule has 0 aliphatic rings. The van der Waals surface area contributed by atoms with Crippen molar-refractivity contribution in [2.75, 3.05) is 19.8 Å². The molecular weight excluding hydrogens is 282 g/mol. The van der Waals surface area contributed by atoms with Gasteiger partial charge in [-0.2, -0.15) is 0 Å². The second-order valence-electron chi connectivity index (χ2n) is 4.43. The van der Waals surface area contributed by atoms with Crippen LogP contribution in [0.2, 0.25) is 5.02 Å². The summed E-state index contributed by atoms with van der Waals surface area (Å²) in [4.78, 5) is 22.0. The lowest BCUT2D eigenvalue weighted by Crippen LogP contribution is -2.33. The molecule has 0 fully saturated rings. The van der Waals surface area contributed by atoms with Gasteiger partial charge in [0.15, 0.2) is 0 Å². The molecule has 1 amide bonds. The Balaban J connectivity index is 2.29. The van der Waals surface area contributed by atoms with Crippen LogP contribution in [0, 0.1) is 5.92 Å². The summed E-state index contributed by atoms with van der Waals surface area (Å²) in [5, 5.41) is 11.7. The van der Waals surface area contributed by atoms with Crippen LogP contribution in [0.4, 0.5) is 0 Å². The van der Waals surface area contributed by atoms with Crippen molar-refractivity contribution in [1.29, 1.82) is 0 Å². The van der Waals surface area contributed by atoms with Crippen LogP contribution in [-0.4, -0.2) is 36.7 Å². The fraction of sp³-hybridized carbons (Fsp3) is 0.429. The summed E-state index contributed by atoms with van der Waals surface area (Å²) in [5.41, 5.74) is 0.930. The highest BCUT2D eigenvalue weighted by atomic mass is 35.5. The first kappa shape index (κ1) is 16.5. The number of aliphatic carboxylic acids is 1. The summed E-state index contributed by atoms with van der Waals surface area (Å²) in [6, 6.07) is 7.41. The Bertz CT molecular complexity index is 464. The Labute approximate surface area is 122 Å². The number of nitrogens with one attached hydrogen (secondary N) is 1. The Morgan fingerprint density at radius 1 is 1.40 bits per heavy atom. The van der Waals surface area contributed by atoms with Gasteiger partial charge in [0.1, 0.15) is 6.61 Å². The van der Waals surface area contributed by atoms with E-state index in [9.17, 15) is 9.59 Å². The predicted molar refractivity (Wildman–Crippen MR) is 75.8 cm³/mol. The number of hydrogen-bond donors (Lipinski definition) is 2. The van der Waals surface area contributed by atoms with Crippen LogP contribution in [0.15, 0.2) is 24.3 Å². The van der Waals surface area contributed by atoms with Gasteiger partial charge in [0, 0.05) is 17.5 Å². The molecule has 5 nitrogen and oxygen atoms in total. The number of carbonyl (C=O) groups excluding carboxylic acids is 1. The quantitative estimate of drug-likeness (QED) is 0.717. The summed E-state index contributed by atoms with van der Waals surface area (Å²) in [6.45, 7) is 1.93. The highest BCUT2D eigenvalue weighted by molar-refractivity contribution is 6.31. The molecule has 0 heterocycles. The molecule has 0 aliphatic heterocycles. The smallest absolute Gasteiger partial charge is 0.329 e. The Kier molecular flexibility index (Phi) is 7.04. The van der Waals surface area contributed by atoms with Gasteiger partial charge in [0.05, 0.1) is 6.61 Å². The van der Waals surface area contributed by atoms with Gasteiger partial charge in [-0.3, -0.25) is 4.79 Å². The van der Waals surface area contributed by atoms with Gasteiger partial charge in [-0.25, -0.2) is 4.79 Å². The zero-order valence-electron chi connectivity index (χ0n) is 11.3. The maximum absolute atomic E-state index is 11.8. The molecule has 0 bridgehead atoms. The van der Waals surface area contributed by atoms with Crippen LogP contribution < -0.4 is 5.32 Å². The molecule has 0 radical (unpaired) electrons. The van der Waals surface area contributed by atoms with Crippen molar-refractivity contribution in [3.05, 3.63) is 34.9 Å². The topological polar surface area (TPSA) is 75.6 Å². The van der Waals surface area contributed by atoms with Crippen molar-refractivity contribution < 1.29 is 19.4 Å². The van der Waals surface area contributed by atoms with E-state index in [2.05, 4.69) is 5.32 Å². The molecule has 1 aromatic rings. The lowest BCUT2D eigenvalue weighted by Gasteiger charge is -2.13. The van der Waals surface area contributed by atoms with E-state index in [4.69, 9.17) is 21.4 Å². The molecule has 1 unspecified atom stereocenters. The van der Waals surface area contributed by atoms with Gasteiger partial charge in [0.2, 0.25) is 5.91 Å². The number of ether oxygens (including phenoxy) is 1. The molecule has 1 aromatic carbocycles. The van der Waals surface area contributed by atoms with Crippen molar-refractivity contribution in [2.45, 2.75) is 13.3 Å². The average molecular weight is 300 g/mol. The average Bonchev–Trinajstić information content (AvgIpc) is 2.40. The number of halogens is 1. The Morgan fingerprint density at radius 2 is 2.10 bits per heavy atom.